The van der Waals surface area contributed by atoms with Crippen LogP contribution in [0, 0.1) is 0 Å². The van der Waals surface area contributed by atoms with Gasteiger partial charge in [-0.25, -0.2) is 0 Å². The first-order chi connectivity index (χ1) is 6.15. The van der Waals surface area contributed by atoms with Crippen LogP contribution in [0.15, 0.2) is 11.8 Å². The summed E-state index contributed by atoms with van der Waals surface area (Å²) in [6.45, 7) is 3.84. The van der Waals surface area contributed by atoms with Crippen LogP contribution >= 0.6 is 0 Å². The summed E-state index contributed by atoms with van der Waals surface area (Å²) in [7, 11) is 1.60. The SMILES string of the molecule is CCCC(=O)/C=C(\[O][In])C(C)OC. The molecule has 1 atom stereocenters. The Morgan fingerprint density at radius 1 is 1.62 bits per heavy atom. The third kappa shape index (κ3) is 5.37. The summed E-state index contributed by atoms with van der Waals surface area (Å²) in [6.07, 6.45) is 2.85. The van der Waals surface area contributed by atoms with Crippen molar-refractivity contribution in [2.24, 2.45) is 0 Å². The molecule has 4 heteroatoms. The molecule has 0 aliphatic rings. The molecule has 13 heavy (non-hydrogen) atoms. The second-order valence-electron chi connectivity index (χ2n) is 2.76. The van der Waals surface area contributed by atoms with E-state index in [9.17, 15) is 4.79 Å². The normalized spacial score (nSPS) is 13.9. The topological polar surface area (TPSA) is 35.5 Å². The van der Waals surface area contributed by atoms with Gasteiger partial charge in [0.25, 0.3) is 0 Å². The van der Waals surface area contributed by atoms with Gasteiger partial charge in [0.2, 0.25) is 0 Å². The summed E-state index contributed by atoms with van der Waals surface area (Å²) in [5, 5.41) is 0. The van der Waals surface area contributed by atoms with E-state index in [1.54, 1.807) is 13.2 Å². The minimum atomic E-state index is -0.129. The van der Waals surface area contributed by atoms with Crippen molar-refractivity contribution in [2.45, 2.75) is 32.8 Å². The molecule has 0 spiro atoms. The zero-order valence-corrected chi connectivity index (χ0v) is 11.7. The molecule has 2 radical (unpaired) electrons. The van der Waals surface area contributed by atoms with Crippen LogP contribution in [0.3, 0.4) is 0 Å². The molecular formula is C9H15InO3. The number of hydrogen-bond acceptors (Lipinski definition) is 3. The van der Waals surface area contributed by atoms with Gasteiger partial charge in [-0.3, -0.25) is 0 Å². The molecule has 0 aromatic rings. The molecule has 0 amide bonds. The van der Waals surface area contributed by atoms with Crippen LogP contribution in [0.5, 0.6) is 0 Å². The Hall–Kier alpha value is 0.0401. The Kier molecular flexibility index (Phi) is 7.47. The van der Waals surface area contributed by atoms with Gasteiger partial charge in [0, 0.05) is 0 Å². The summed E-state index contributed by atoms with van der Waals surface area (Å²) in [5.74, 6) is 0.749. The summed E-state index contributed by atoms with van der Waals surface area (Å²) < 4.78 is 10.2. The van der Waals surface area contributed by atoms with E-state index >= 15 is 0 Å². The van der Waals surface area contributed by atoms with Crippen molar-refractivity contribution >= 4 is 30.6 Å². The number of allylic oxidation sites excluding steroid dienone is 1. The molecule has 0 aromatic heterocycles. The van der Waals surface area contributed by atoms with Crippen LogP contribution in [-0.2, 0) is 12.4 Å². The van der Waals surface area contributed by atoms with Crippen molar-refractivity contribution in [3.05, 3.63) is 11.8 Å². The molecule has 0 heterocycles. The monoisotopic (exact) mass is 286 g/mol. The van der Waals surface area contributed by atoms with Gasteiger partial charge in [-0.05, 0) is 0 Å². The summed E-state index contributed by atoms with van der Waals surface area (Å²) in [5.41, 5.74) is 0. The molecular weight excluding hydrogens is 271 g/mol. The molecule has 0 rings (SSSR count). The molecule has 1 unspecified atom stereocenters. The predicted molar refractivity (Wildman–Crippen MR) is 51.3 cm³/mol. The van der Waals surface area contributed by atoms with Crippen molar-refractivity contribution in [3.8, 4) is 0 Å². The summed E-state index contributed by atoms with van der Waals surface area (Å²) in [4.78, 5) is 11.2. The van der Waals surface area contributed by atoms with Crippen molar-refractivity contribution in [1.29, 1.82) is 0 Å². The van der Waals surface area contributed by atoms with E-state index < -0.39 is 0 Å². The number of ether oxygens (including phenoxy) is 1. The van der Waals surface area contributed by atoms with Gasteiger partial charge in [-0.15, -0.1) is 0 Å². The van der Waals surface area contributed by atoms with E-state index in [0.29, 0.717) is 37.0 Å². The summed E-state index contributed by atoms with van der Waals surface area (Å²) in [6, 6.07) is 0. The Bertz CT molecular complexity index is 189. The first-order valence-electron chi connectivity index (χ1n) is 4.29. The third-order valence-corrected chi connectivity index (χ3v) is 2.47. The molecule has 0 fully saturated rings. The average molecular weight is 286 g/mol. The van der Waals surface area contributed by atoms with Gasteiger partial charge in [0.15, 0.2) is 0 Å². The third-order valence-electron chi connectivity index (χ3n) is 1.69. The van der Waals surface area contributed by atoms with E-state index in [4.69, 9.17) is 7.59 Å². The fourth-order valence-electron chi connectivity index (χ4n) is 0.841. The minimum absolute atomic E-state index is 0.107. The first kappa shape index (κ1) is 13.0. The zero-order valence-electron chi connectivity index (χ0n) is 8.37. The summed E-state index contributed by atoms with van der Waals surface area (Å²) >= 11 is 0.645. The van der Waals surface area contributed by atoms with Gasteiger partial charge < -0.3 is 0 Å². The van der Waals surface area contributed by atoms with E-state index in [1.165, 1.54) is 0 Å². The molecule has 0 bridgehead atoms. The molecule has 0 aromatic carbocycles. The first-order valence-corrected chi connectivity index (χ1v) is 5.64. The molecule has 3 nitrogen and oxygen atoms in total. The Labute approximate surface area is 94.7 Å². The fourth-order valence-corrected chi connectivity index (χ4v) is 1.58. The van der Waals surface area contributed by atoms with Crippen molar-refractivity contribution < 1.29 is 12.4 Å². The average Bonchev–Trinajstić information content (AvgIpc) is 2.13. The number of hydrogen-bond donors (Lipinski definition) is 0. The van der Waals surface area contributed by atoms with E-state index in [0.717, 1.165) is 6.42 Å². The van der Waals surface area contributed by atoms with Crippen molar-refractivity contribution in [1.82, 2.24) is 0 Å². The molecule has 0 aliphatic heterocycles. The quantitative estimate of drug-likeness (QED) is 0.546. The van der Waals surface area contributed by atoms with Gasteiger partial charge >= 0.3 is 94.7 Å². The molecule has 0 N–H and O–H groups in total. The second kappa shape index (κ2) is 7.44. The van der Waals surface area contributed by atoms with Crippen LogP contribution in [0.2, 0.25) is 0 Å². The van der Waals surface area contributed by atoms with Crippen LogP contribution in [-0.4, -0.2) is 43.8 Å². The Morgan fingerprint density at radius 2 is 2.23 bits per heavy atom. The van der Waals surface area contributed by atoms with E-state index in [2.05, 4.69) is 0 Å². The van der Waals surface area contributed by atoms with Gasteiger partial charge in [0.05, 0.1) is 0 Å². The van der Waals surface area contributed by atoms with Crippen LogP contribution < -0.4 is 0 Å². The van der Waals surface area contributed by atoms with Gasteiger partial charge in [-0.1, -0.05) is 0 Å². The predicted octanol–water partition coefficient (Wildman–Crippen LogP) is 1.37. The van der Waals surface area contributed by atoms with E-state index in [-0.39, 0.29) is 11.9 Å². The standard InChI is InChI=1S/C9H16O3.In/c1-4-5-8(10)6-9(11)7(2)12-3;/h6-7,11H,4-5H2,1-3H3;/q;+1/p-1/b9-6-;. The number of methoxy groups -OCH3 is 1. The van der Waals surface area contributed by atoms with Crippen LogP contribution in [0.4, 0.5) is 0 Å². The number of carbonyl (C=O) groups excluding carboxylic acids is 1. The number of carbonyl (C=O) groups is 1. The number of rotatable bonds is 6. The Balaban J connectivity index is 4.28. The molecule has 0 saturated carbocycles. The maximum atomic E-state index is 11.2. The van der Waals surface area contributed by atoms with Crippen molar-refractivity contribution in [2.75, 3.05) is 7.11 Å². The van der Waals surface area contributed by atoms with Gasteiger partial charge in [-0.2, -0.15) is 0 Å². The van der Waals surface area contributed by atoms with Crippen molar-refractivity contribution in [3.63, 3.8) is 0 Å². The molecule has 0 saturated heterocycles. The second-order valence-corrected chi connectivity index (χ2v) is 3.43. The fraction of sp³-hybridized carbons (Fsp3) is 0.667. The number of ketones is 1. The van der Waals surface area contributed by atoms with Gasteiger partial charge in [0.1, 0.15) is 0 Å². The zero-order chi connectivity index (χ0) is 10.3. The van der Waals surface area contributed by atoms with Crippen LogP contribution in [0.1, 0.15) is 26.7 Å². The maximum absolute atomic E-state index is 11.2. The molecule has 72 valence electrons. The Morgan fingerprint density at radius 3 is 2.62 bits per heavy atom. The molecule has 0 aliphatic carbocycles. The van der Waals surface area contributed by atoms with Crippen LogP contribution in [0.25, 0.3) is 0 Å². The van der Waals surface area contributed by atoms with E-state index in [1.807, 2.05) is 13.8 Å².